The summed E-state index contributed by atoms with van der Waals surface area (Å²) in [6.45, 7) is 6.97. The first kappa shape index (κ1) is 27.5. The fourth-order valence-corrected chi connectivity index (χ4v) is 5.14. The molecule has 0 aliphatic rings. The van der Waals surface area contributed by atoms with E-state index in [4.69, 9.17) is 9.47 Å². The molecule has 0 amide bonds. The van der Waals surface area contributed by atoms with Crippen LogP contribution in [0.25, 0.3) is 0 Å². The molecule has 0 atom stereocenters. The van der Waals surface area contributed by atoms with Crippen LogP contribution < -0.4 is 14.8 Å². The van der Waals surface area contributed by atoms with Crippen molar-refractivity contribution in [2.45, 2.75) is 57.9 Å². The predicted molar refractivity (Wildman–Crippen MR) is 125 cm³/mol. The molecule has 2 rings (SSSR count). The lowest BCUT2D eigenvalue weighted by atomic mass is 10.0. The van der Waals surface area contributed by atoms with Crippen LogP contribution in [0.5, 0.6) is 17.2 Å². The average molecular weight is 554 g/mol. The Morgan fingerprint density at radius 2 is 1.73 bits per heavy atom. The molecule has 0 heterocycles. The fourth-order valence-electron chi connectivity index (χ4n) is 3.51. The van der Waals surface area contributed by atoms with Crippen LogP contribution >= 0.6 is 23.5 Å². The van der Waals surface area contributed by atoms with Crippen molar-refractivity contribution in [2.24, 2.45) is 0 Å². The maximum Gasteiger partial charge on any atom is 0.420 e. The fraction of sp³-hybridized carbons (Fsp3) is 0.455. The Morgan fingerprint density at radius 3 is 2.18 bits per heavy atom. The number of alkyl halides is 3. The molecule has 0 unspecified atom stereocenters. The number of benzene rings is 2. The van der Waals surface area contributed by atoms with Gasteiger partial charge in [0.15, 0.2) is 5.75 Å². The average Bonchev–Trinajstić information content (AvgIpc) is 2.71. The van der Waals surface area contributed by atoms with E-state index in [1.807, 2.05) is 13.8 Å². The highest BCUT2D eigenvalue weighted by Gasteiger charge is 2.44. The van der Waals surface area contributed by atoms with Gasteiger partial charge in [0.2, 0.25) is 0 Å². The zero-order valence-corrected chi connectivity index (χ0v) is 21.4. The Kier molecular flexibility index (Phi) is 8.55. The van der Waals surface area contributed by atoms with E-state index < -0.39 is 30.4 Å². The quantitative estimate of drug-likeness (QED) is 0.279. The third-order valence-corrected chi connectivity index (χ3v) is 7.94. The summed E-state index contributed by atoms with van der Waals surface area (Å²) in [5.74, 6) is 0.380. The van der Waals surface area contributed by atoms with Gasteiger partial charge in [-0.15, -0.1) is 0 Å². The normalized spacial score (nSPS) is 12.7. The van der Waals surface area contributed by atoms with Crippen LogP contribution in [0.4, 0.5) is 18.9 Å². The van der Waals surface area contributed by atoms with Crippen LogP contribution in [0.2, 0.25) is 0 Å². The van der Waals surface area contributed by atoms with Crippen LogP contribution in [0, 0.1) is 0 Å². The third kappa shape index (κ3) is 6.04. The summed E-state index contributed by atoms with van der Waals surface area (Å²) in [6.07, 6.45) is -4.77. The first-order valence-electron chi connectivity index (χ1n) is 10.3. The Morgan fingerprint density at radius 1 is 1.12 bits per heavy atom. The lowest BCUT2D eigenvalue weighted by Gasteiger charge is -2.34. The minimum absolute atomic E-state index is 0.00876. The molecule has 2 aromatic rings. The van der Waals surface area contributed by atoms with Crippen LogP contribution in [0.3, 0.4) is 0 Å². The van der Waals surface area contributed by atoms with E-state index in [1.165, 1.54) is 19.2 Å². The molecule has 0 radical (unpaired) electrons. The summed E-state index contributed by atoms with van der Waals surface area (Å²) in [4.78, 5) is 19.7. The van der Waals surface area contributed by atoms with Crippen LogP contribution in [0.15, 0.2) is 34.8 Å². The second-order valence-corrected chi connectivity index (χ2v) is 10.7. The van der Waals surface area contributed by atoms with Gasteiger partial charge in [-0.2, -0.15) is 13.2 Å². The zero-order valence-electron chi connectivity index (χ0n) is 19.0. The summed E-state index contributed by atoms with van der Waals surface area (Å²) in [5, 5.41) is 0.956. The summed E-state index contributed by atoms with van der Waals surface area (Å²) in [7, 11) is -3.17. The molecule has 0 aliphatic heterocycles. The van der Waals surface area contributed by atoms with Crippen molar-refractivity contribution >= 4 is 29.2 Å². The Balaban J connectivity index is 2.58. The molecule has 0 bridgehead atoms. The van der Waals surface area contributed by atoms with Gasteiger partial charge in [0.1, 0.15) is 22.3 Å². The number of anilines is 1. The smallest absolute Gasteiger partial charge is 0.420 e. The third-order valence-electron chi connectivity index (χ3n) is 5.50. The maximum absolute atomic E-state index is 14.0. The molecule has 0 fully saturated rings. The monoisotopic (exact) mass is 553 g/mol. The molecule has 2 aromatic carbocycles. The van der Waals surface area contributed by atoms with Crippen LogP contribution in [0.1, 0.15) is 57.6 Å². The molecular formula is C22H28BrF3NO5P. The molecule has 3 N–H and O–H groups in total. The van der Waals surface area contributed by atoms with Crippen molar-refractivity contribution in [3.05, 3.63) is 45.9 Å². The van der Waals surface area contributed by atoms with Crippen molar-refractivity contribution < 1.29 is 37.0 Å². The molecule has 0 saturated carbocycles. The van der Waals surface area contributed by atoms with Gasteiger partial charge in [-0.25, -0.2) is 0 Å². The van der Waals surface area contributed by atoms with Crippen LogP contribution in [-0.2, 0) is 10.7 Å². The predicted octanol–water partition coefficient (Wildman–Crippen LogP) is 7.50. The lowest BCUT2D eigenvalue weighted by Crippen LogP contribution is -2.36. The summed E-state index contributed by atoms with van der Waals surface area (Å²) >= 11 is 3.14. The molecule has 6 nitrogen and oxygen atoms in total. The molecule has 33 heavy (non-hydrogen) atoms. The number of methoxy groups -OCH3 is 1. The number of nitrogens with one attached hydrogen (secondary N) is 1. The van der Waals surface area contributed by atoms with E-state index in [0.29, 0.717) is 5.75 Å². The zero-order chi connectivity index (χ0) is 25.2. The molecule has 184 valence electrons. The summed E-state index contributed by atoms with van der Waals surface area (Å²) < 4.78 is 64.9. The van der Waals surface area contributed by atoms with E-state index in [0.717, 1.165) is 11.6 Å². The largest absolute Gasteiger partial charge is 0.496 e. The van der Waals surface area contributed by atoms with Gasteiger partial charge in [-0.3, -0.25) is 4.57 Å². The van der Waals surface area contributed by atoms with Crippen molar-refractivity contribution in [1.82, 2.24) is 0 Å². The van der Waals surface area contributed by atoms with Gasteiger partial charge >= 0.3 is 13.8 Å². The van der Waals surface area contributed by atoms with E-state index in [9.17, 15) is 27.5 Å². The first-order chi connectivity index (χ1) is 15.2. The van der Waals surface area contributed by atoms with Gasteiger partial charge in [0.25, 0.3) is 0 Å². The minimum Gasteiger partial charge on any atom is -0.496 e. The van der Waals surface area contributed by atoms with E-state index >= 15 is 0 Å². The number of hydrogen-bond donors (Lipinski definition) is 3. The van der Waals surface area contributed by atoms with E-state index in [2.05, 4.69) is 21.2 Å². The minimum atomic E-state index is -4.79. The topological polar surface area (TPSA) is 88.0 Å². The Bertz CT molecular complexity index is 1040. The van der Waals surface area contributed by atoms with Gasteiger partial charge in [0, 0.05) is 11.3 Å². The summed E-state index contributed by atoms with van der Waals surface area (Å²) in [6, 6.07) is 6.86. The highest BCUT2D eigenvalue weighted by atomic mass is 79.9. The van der Waals surface area contributed by atoms with Crippen LogP contribution in [-0.4, -0.2) is 22.2 Å². The molecule has 0 aromatic heterocycles. The number of ether oxygens (including phenoxy) is 2. The Labute approximate surface area is 199 Å². The van der Waals surface area contributed by atoms with Gasteiger partial charge < -0.3 is 24.6 Å². The maximum atomic E-state index is 14.0. The number of hydrogen-bond acceptors (Lipinski definition) is 4. The number of rotatable bonds is 9. The molecule has 0 spiro atoms. The second kappa shape index (κ2) is 10.3. The van der Waals surface area contributed by atoms with E-state index in [-0.39, 0.29) is 34.7 Å². The molecule has 0 aliphatic carbocycles. The van der Waals surface area contributed by atoms with Crippen molar-refractivity contribution in [3.8, 4) is 17.2 Å². The van der Waals surface area contributed by atoms with Gasteiger partial charge in [-0.1, -0.05) is 27.7 Å². The first-order valence-corrected chi connectivity index (χ1v) is 12.7. The summed E-state index contributed by atoms with van der Waals surface area (Å²) in [5.41, 5.74) is -0.408. The van der Waals surface area contributed by atoms with Crippen molar-refractivity contribution in [2.75, 3.05) is 12.4 Å². The molecule has 11 heteroatoms. The van der Waals surface area contributed by atoms with Crippen molar-refractivity contribution in [1.29, 1.82) is 0 Å². The molecular weight excluding hydrogens is 526 g/mol. The SMILES string of the molecule is CCC(CC)(Nc1cc(Br)c(Oc2ccc(OC)c(C(C)C)c2)c(C(F)(F)F)c1)P(=O)(O)O. The Hall–Kier alpha value is -1.74. The number of halogens is 4. The standard InChI is InChI=1S/C22H28BrF3NO5P/c1-6-21(7-2,33(28,29)30)27-14-10-17(22(24,25)26)20(18(23)11-14)32-15-8-9-19(31-5)16(12-15)13(3)4/h8-13,27H,6-7H2,1-5H3,(H2,28,29,30). The van der Waals surface area contributed by atoms with E-state index in [1.54, 1.807) is 26.0 Å². The van der Waals surface area contributed by atoms with Gasteiger partial charge in [0.05, 0.1) is 11.6 Å². The lowest BCUT2D eigenvalue weighted by molar-refractivity contribution is -0.138. The highest BCUT2D eigenvalue weighted by Crippen LogP contribution is 2.55. The highest BCUT2D eigenvalue weighted by molar-refractivity contribution is 9.10. The molecule has 0 saturated heterocycles. The second-order valence-electron chi connectivity index (χ2n) is 7.90. The van der Waals surface area contributed by atoms with Crippen molar-refractivity contribution in [3.63, 3.8) is 0 Å². The van der Waals surface area contributed by atoms with Gasteiger partial charge in [-0.05, 0) is 65.0 Å².